The van der Waals surface area contributed by atoms with Crippen molar-refractivity contribution in [1.29, 1.82) is 0 Å². The predicted molar refractivity (Wildman–Crippen MR) is 64.1 cm³/mol. The number of rotatable bonds is 6. The van der Waals surface area contributed by atoms with Crippen LogP contribution in [-0.2, 0) is 27.2 Å². The minimum absolute atomic E-state index is 1.00. The average Bonchev–Trinajstić information content (AvgIpc) is 2.88. The Labute approximate surface area is 102 Å². The van der Waals surface area contributed by atoms with Gasteiger partial charge < -0.3 is 5.32 Å². The summed E-state index contributed by atoms with van der Waals surface area (Å²) >= 11 is 0. The van der Waals surface area contributed by atoms with Gasteiger partial charge in [-0.2, -0.15) is 0 Å². The number of nitrogens with one attached hydrogen (secondary N) is 1. The van der Waals surface area contributed by atoms with E-state index in [-0.39, 0.29) is 0 Å². The van der Waals surface area contributed by atoms with Gasteiger partial charge in [0.25, 0.3) is 0 Å². The molecule has 2 aromatic rings. The van der Waals surface area contributed by atoms with E-state index >= 15 is 0 Å². The predicted octanol–water partition coefficient (Wildman–Crippen LogP) is -0.772. The third kappa shape index (κ3) is 3.71. The molecule has 2 rings (SSSR count). The van der Waals surface area contributed by atoms with E-state index in [1.165, 1.54) is 0 Å². The summed E-state index contributed by atoms with van der Waals surface area (Å²) in [6.07, 6.45) is 12.5. The first-order valence-electron chi connectivity index (χ1n) is 5.97. The van der Waals surface area contributed by atoms with Crippen LogP contribution in [0.4, 0.5) is 0 Å². The van der Waals surface area contributed by atoms with Crippen LogP contribution in [0.1, 0.15) is 0 Å². The highest BCUT2D eigenvalue weighted by molar-refractivity contribution is 4.68. The Kier molecular flexibility index (Phi) is 3.93. The molecular weight excluding hydrogens is 214 g/mol. The molecule has 0 fully saturated rings. The first kappa shape index (κ1) is 11.9. The molecule has 0 aliphatic heterocycles. The summed E-state index contributed by atoms with van der Waals surface area (Å²) in [7, 11) is 4.08. The molecule has 0 bridgehead atoms. The van der Waals surface area contributed by atoms with Gasteiger partial charge in [0.05, 0.1) is 14.1 Å². The van der Waals surface area contributed by atoms with Gasteiger partial charge in [-0.15, -0.1) is 0 Å². The quantitative estimate of drug-likeness (QED) is 0.517. The smallest absolute Gasteiger partial charge is 0.243 e. The Balaban J connectivity index is 1.60. The van der Waals surface area contributed by atoms with Crippen LogP contribution >= 0.6 is 0 Å². The fourth-order valence-corrected chi connectivity index (χ4v) is 1.81. The normalized spacial score (nSPS) is 10.9. The van der Waals surface area contributed by atoms with Crippen molar-refractivity contribution in [2.24, 2.45) is 14.1 Å². The van der Waals surface area contributed by atoms with E-state index < -0.39 is 0 Å². The highest BCUT2D eigenvalue weighted by atomic mass is 15.1. The second kappa shape index (κ2) is 5.63. The molecule has 2 aromatic heterocycles. The number of nitrogens with zero attached hydrogens (tertiary/aromatic N) is 4. The van der Waals surface area contributed by atoms with E-state index in [9.17, 15) is 0 Å². The second-order valence-corrected chi connectivity index (χ2v) is 4.38. The largest absolute Gasteiger partial charge is 0.309 e. The van der Waals surface area contributed by atoms with Crippen LogP contribution in [0, 0.1) is 0 Å². The number of hydrogen-bond acceptors (Lipinski definition) is 1. The monoisotopic (exact) mass is 235 g/mol. The third-order valence-corrected chi connectivity index (χ3v) is 2.74. The summed E-state index contributed by atoms with van der Waals surface area (Å²) in [5.41, 5.74) is 0. The fourth-order valence-electron chi connectivity index (χ4n) is 1.81. The van der Waals surface area contributed by atoms with Gasteiger partial charge in [0.2, 0.25) is 12.7 Å². The maximum absolute atomic E-state index is 3.44. The van der Waals surface area contributed by atoms with Crippen LogP contribution in [-0.4, -0.2) is 22.2 Å². The van der Waals surface area contributed by atoms with Gasteiger partial charge in [0, 0.05) is 13.1 Å². The van der Waals surface area contributed by atoms with Gasteiger partial charge in [-0.25, -0.2) is 18.3 Å². The zero-order valence-electron chi connectivity index (χ0n) is 10.6. The summed E-state index contributed by atoms with van der Waals surface area (Å²) in [6, 6.07) is 0. The molecule has 2 heterocycles. The molecule has 0 unspecified atom stereocenters. The molecule has 0 aromatic carbocycles. The SMILES string of the molecule is C[n+]1ccn(CCNCCn2cc[n+](C)c2)c1. The van der Waals surface area contributed by atoms with Gasteiger partial charge in [0.15, 0.2) is 0 Å². The summed E-state index contributed by atoms with van der Waals surface area (Å²) in [5, 5.41) is 3.44. The first-order valence-corrected chi connectivity index (χ1v) is 5.97. The van der Waals surface area contributed by atoms with Gasteiger partial charge in [-0.05, 0) is 0 Å². The summed E-state index contributed by atoms with van der Waals surface area (Å²) in [4.78, 5) is 0. The van der Waals surface area contributed by atoms with E-state index in [0.29, 0.717) is 0 Å². The minimum atomic E-state index is 1.00. The van der Waals surface area contributed by atoms with Crippen LogP contribution in [0.25, 0.3) is 0 Å². The van der Waals surface area contributed by atoms with E-state index in [1.807, 2.05) is 14.1 Å². The van der Waals surface area contributed by atoms with Crippen molar-refractivity contribution in [3.63, 3.8) is 0 Å². The van der Waals surface area contributed by atoms with E-state index in [2.05, 4.69) is 61.0 Å². The molecule has 5 heteroatoms. The Morgan fingerprint density at radius 1 is 0.882 bits per heavy atom. The highest BCUT2D eigenvalue weighted by Crippen LogP contribution is 1.84. The minimum Gasteiger partial charge on any atom is -0.309 e. The lowest BCUT2D eigenvalue weighted by molar-refractivity contribution is -0.671. The maximum Gasteiger partial charge on any atom is 0.243 e. The van der Waals surface area contributed by atoms with Crippen molar-refractivity contribution >= 4 is 0 Å². The van der Waals surface area contributed by atoms with Crippen LogP contribution in [0.2, 0.25) is 0 Å². The standard InChI is InChI=1S/C12H21N5/c1-14-7-9-16(11-14)5-3-13-4-6-17-10-8-15(2)12-17/h7-13H,3-6H2,1-2H3/q+2. The number of hydrogen-bond donors (Lipinski definition) is 1. The van der Waals surface area contributed by atoms with Crippen molar-refractivity contribution in [1.82, 2.24) is 14.5 Å². The summed E-state index contributed by atoms with van der Waals surface area (Å²) < 4.78 is 8.48. The van der Waals surface area contributed by atoms with Gasteiger partial charge in [-0.3, -0.25) is 0 Å². The lowest BCUT2D eigenvalue weighted by Gasteiger charge is -2.00. The van der Waals surface area contributed by atoms with Crippen molar-refractivity contribution in [2.45, 2.75) is 13.1 Å². The van der Waals surface area contributed by atoms with Crippen LogP contribution < -0.4 is 14.5 Å². The molecule has 17 heavy (non-hydrogen) atoms. The van der Waals surface area contributed by atoms with Crippen molar-refractivity contribution in [3.8, 4) is 0 Å². The Morgan fingerprint density at radius 3 is 1.71 bits per heavy atom. The van der Waals surface area contributed by atoms with Crippen molar-refractivity contribution < 1.29 is 9.13 Å². The molecule has 0 saturated carbocycles. The van der Waals surface area contributed by atoms with E-state index in [4.69, 9.17) is 0 Å². The van der Waals surface area contributed by atoms with E-state index in [1.54, 1.807) is 0 Å². The average molecular weight is 235 g/mol. The van der Waals surface area contributed by atoms with E-state index in [0.717, 1.165) is 26.2 Å². The maximum atomic E-state index is 3.44. The van der Waals surface area contributed by atoms with Crippen LogP contribution in [0.3, 0.4) is 0 Å². The second-order valence-electron chi connectivity index (χ2n) is 4.38. The summed E-state index contributed by atoms with van der Waals surface area (Å²) in [6.45, 7) is 4.03. The van der Waals surface area contributed by atoms with Crippen molar-refractivity contribution in [2.75, 3.05) is 13.1 Å². The molecule has 0 atom stereocenters. The third-order valence-electron chi connectivity index (χ3n) is 2.74. The topological polar surface area (TPSA) is 29.6 Å². The molecule has 0 spiro atoms. The molecule has 0 radical (unpaired) electrons. The van der Waals surface area contributed by atoms with Gasteiger partial charge in [0.1, 0.15) is 37.9 Å². The zero-order chi connectivity index (χ0) is 12.1. The van der Waals surface area contributed by atoms with Gasteiger partial charge in [-0.1, -0.05) is 0 Å². The Bertz CT molecular complexity index is 415. The molecule has 0 aliphatic rings. The van der Waals surface area contributed by atoms with Gasteiger partial charge >= 0.3 is 0 Å². The molecule has 0 saturated heterocycles. The van der Waals surface area contributed by atoms with Crippen LogP contribution in [0.15, 0.2) is 37.4 Å². The summed E-state index contributed by atoms with van der Waals surface area (Å²) in [5.74, 6) is 0. The number of aryl methyl sites for hydroxylation is 2. The van der Waals surface area contributed by atoms with Crippen LogP contribution in [0.5, 0.6) is 0 Å². The lowest BCUT2D eigenvalue weighted by Crippen LogP contribution is -2.27. The fraction of sp³-hybridized carbons (Fsp3) is 0.500. The molecule has 0 aliphatic carbocycles. The number of imidazole rings is 2. The molecule has 0 amide bonds. The molecule has 5 nitrogen and oxygen atoms in total. The number of aromatic nitrogens is 4. The first-order chi connectivity index (χ1) is 8.24. The Morgan fingerprint density at radius 2 is 1.35 bits per heavy atom. The highest BCUT2D eigenvalue weighted by Gasteiger charge is 2.00. The molecule has 92 valence electrons. The Hall–Kier alpha value is -1.62. The van der Waals surface area contributed by atoms with Crippen molar-refractivity contribution in [3.05, 3.63) is 37.4 Å². The molecular formula is C12H21N5+2. The molecule has 1 N–H and O–H groups in total. The zero-order valence-corrected chi connectivity index (χ0v) is 10.6. The lowest BCUT2D eigenvalue weighted by atomic mass is 10.5.